The van der Waals surface area contributed by atoms with Crippen molar-refractivity contribution in [2.24, 2.45) is 0 Å². The Morgan fingerprint density at radius 1 is 1.43 bits per heavy atom. The summed E-state index contributed by atoms with van der Waals surface area (Å²) in [5, 5.41) is 3.89. The van der Waals surface area contributed by atoms with Gasteiger partial charge in [0.2, 0.25) is 0 Å². The summed E-state index contributed by atoms with van der Waals surface area (Å²) in [5.74, 6) is 0. The fraction of sp³-hybridized carbons (Fsp3) is 0.333. The zero-order chi connectivity index (χ0) is 10.6. The van der Waals surface area contributed by atoms with E-state index < -0.39 is 0 Å². The van der Waals surface area contributed by atoms with Crippen molar-refractivity contribution in [3.8, 4) is 0 Å². The fourth-order valence-corrected chi connectivity index (χ4v) is 1.43. The van der Waals surface area contributed by atoms with Crippen LogP contribution in [0.25, 0.3) is 0 Å². The highest BCUT2D eigenvalue weighted by Gasteiger charge is 1.99. The van der Waals surface area contributed by atoms with Crippen LogP contribution in [-0.2, 0) is 6.54 Å². The minimum absolute atomic E-state index is 0.648. The van der Waals surface area contributed by atoms with Crippen LogP contribution in [0.5, 0.6) is 0 Å². The third-order valence-electron chi connectivity index (χ3n) is 2.35. The van der Waals surface area contributed by atoms with Crippen LogP contribution in [0.2, 0.25) is 0 Å². The molecule has 2 heteroatoms. The highest BCUT2D eigenvalue weighted by molar-refractivity contribution is 6.29. The first-order valence-corrected chi connectivity index (χ1v) is 5.08. The summed E-state index contributed by atoms with van der Waals surface area (Å²) in [6.45, 7) is 9.40. The Morgan fingerprint density at radius 3 is 2.79 bits per heavy atom. The standard InChI is InChI=1S/C12H16ClN/c1-9-5-4-6-12(11(9)3)8-14-7-10(2)13/h4-6,14H,2,7-8H2,1,3H3. The van der Waals surface area contributed by atoms with Crippen molar-refractivity contribution in [3.63, 3.8) is 0 Å². The maximum Gasteiger partial charge on any atom is 0.0310 e. The molecule has 0 aliphatic carbocycles. The van der Waals surface area contributed by atoms with Crippen LogP contribution in [0.3, 0.4) is 0 Å². The molecule has 0 radical (unpaired) electrons. The molecular formula is C12H16ClN. The van der Waals surface area contributed by atoms with E-state index >= 15 is 0 Å². The van der Waals surface area contributed by atoms with E-state index in [-0.39, 0.29) is 0 Å². The Kier molecular flexibility index (Phi) is 4.18. The summed E-state index contributed by atoms with van der Waals surface area (Å²) in [6.07, 6.45) is 0. The number of aryl methyl sites for hydroxylation is 1. The normalized spacial score (nSPS) is 10.2. The summed E-state index contributed by atoms with van der Waals surface area (Å²) in [6, 6.07) is 6.33. The van der Waals surface area contributed by atoms with Crippen molar-refractivity contribution < 1.29 is 0 Å². The zero-order valence-corrected chi connectivity index (χ0v) is 9.49. The van der Waals surface area contributed by atoms with Crippen LogP contribution < -0.4 is 5.32 Å². The third kappa shape index (κ3) is 3.17. The second kappa shape index (κ2) is 5.18. The van der Waals surface area contributed by atoms with Gasteiger partial charge in [-0.15, -0.1) is 0 Å². The Labute approximate surface area is 90.8 Å². The van der Waals surface area contributed by atoms with Gasteiger partial charge in [0.15, 0.2) is 0 Å². The molecule has 1 N–H and O–H groups in total. The molecule has 1 rings (SSSR count). The molecule has 0 aliphatic heterocycles. The second-order valence-corrected chi connectivity index (χ2v) is 4.01. The monoisotopic (exact) mass is 209 g/mol. The molecule has 0 spiro atoms. The lowest BCUT2D eigenvalue weighted by molar-refractivity contribution is 0.750. The van der Waals surface area contributed by atoms with E-state index in [1.54, 1.807) is 0 Å². The minimum Gasteiger partial charge on any atom is -0.308 e. The molecule has 1 aromatic carbocycles. The third-order valence-corrected chi connectivity index (χ3v) is 2.48. The van der Waals surface area contributed by atoms with E-state index in [9.17, 15) is 0 Å². The summed E-state index contributed by atoms with van der Waals surface area (Å²) < 4.78 is 0. The van der Waals surface area contributed by atoms with Crippen molar-refractivity contribution in [1.29, 1.82) is 0 Å². The van der Waals surface area contributed by atoms with Gasteiger partial charge in [-0.2, -0.15) is 0 Å². The second-order valence-electron chi connectivity index (χ2n) is 3.48. The Morgan fingerprint density at radius 2 is 2.14 bits per heavy atom. The Balaban J connectivity index is 2.59. The average molecular weight is 210 g/mol. The number of rotatable bonds is 4. The molecule has 0 saturated carbocycles. The molecule has 76 valence electrons. The van der Waals surface area contributed by atoms with Gasteiger partial charge in [0.05, 0.1) is 0 Å². The molecule has 0 fully saturated rings. The van der Waals surface area contributed by atoms with E-state index in [0.717, 1.165) is 6.54 Å². The van der Waals surface area contributed by atoms with Gasteiger partial charge in [-0.05, 0) is 30.5 Å². The minimum atomic E-state index is 0.648. The van der Waals surface area contributed by atoms with Gasteiger partial charge in [-0.3, -0.25) is 0 Å². The highest BCUT2D eigenvalue weighted by atomic mass is 35.5. The SMILES string of the molecule is C=C(Cl)CNCc1cccc(C)c1C. The molecular weight excluding hydrogens is 194 g/mol. The van der Waals surface area contributed by atoms with E-state index in [1.807, 2.05) is 0 Å². The van der Waals surface area contributed by atoms with Gasteiger partial charge in [0.25, 0.3) is 0 Å². The molecule has 0 unspecified atom stereocenters. The lowest BCUT2D eigenvalue weighted by atomic mass is 10.0. The summed E-state index contributed by atoms with van der Waals surface area (Å²) in [5.41, 5.74) is 4.00. The molecule has 0 saturated heterocycles. The smallest absolute Gasteiger partial charge is 0.0310 e. The van der Waals surface area contributed by atoms with Crippen molar-refractivity contribution in [3.05, 3.63) is 46.5 Å². The Hall–Kier alpha value is -0.790. The van der Waals surface area contributed by atoms with Gasteiger partial charge in [0, 0.05) is 18.1 Å². The number of hydrogen-bond donors (Lipinski definition) is 1. The predicted octanol–water partition coefficient (Wildman–Crippen LogP) is 3.15. The highest BCUT2D eigenvalue weighted by Crippen LogP contribution is 2.12. The lowest BCUT2D eigenvalue weighted by Gasteiger charge is -2.09. The quantitative estimate of drug-likeness (QED) is 0.804. The van der Waals surface area contributed by atoms with Crippen molar-refractivity contribution >= 4 is 11.6 Å². The maximum absolute atomic E-state index is 5.66. The van der Waals surface area contributed by atoms with Gasteiger partial charge in [-0.1, -0.05) is 36.4 Å². The molecule has 1 aromatic rings. The molecule has 14 heavy (non-hydrogen) atoms. The van der Waals surface area contributed by atoms with Gasteiger partial charge < -0.3 is 5.32 Å². The first-order chi connectivity index (χ1) is 6.61. The summed E-state index contributed by atoms with van der Waals surface area (Å²) in [4.78, 5) is 0. The molecule has 0 atom stereocenters. The molecule has 0 heterocycles. The number of hydrogen-bond acceptors (Lipinski definition) is 1. The van der Waals surface area contributed by atoms with Crippen LogP contribution in [0, 0.1) is 13.8 Å². The van der Waals surface area contributed by atoms with Crippen molar-refractivity contribution in [1.82, 2.24) is 5.32 Å². The molecule has 0 aliphatic rings. The number of benzene rings is 1. The fourth-order valence-electron chi connectivity index (χ4n) is 1.34. The van der Waals surface area contributed by atoms with Crippen LogP contribution in [0.15, 0.2) is 29.8 Å². The average Bonchev–Trinajstić information content (AvgIpc) is 2.12. The van der Waals surface area contributed by atoms with Gasteiger partial charge >= 0.3 is 0 Å². The molecule has 0 amide bonds. The van der Waals surface area contributed by atoms with Crippen LogP contribution >= 0.6 is 11.6 Å². The molecule has 1 nitrogen and oxygen atoms in total. The lowest BCUT2D eigenvalue weighted by Crippen LogP contribution is -2.15. The topological polar surface area (TPSA) is 12.0 Å². The zero-order valence-electron chi connectivity index (χ0n) is 8.73. The van der Waals surface area contributed by atoms with E-state index in [2.05, 4.69) is 43.9 Å². The molecule has 0 bridgehead atoms. The van der Waals surface area contributed by atoms with Crippen molar-refractivity contribution in [2.75, 3.05) is 6.54 Å². The van der Waals surface area contributed by atoms with E-state index in [1.165, 1.54) is 16.7 Å². The summed E-state index contributed by atoms with van der Waals surface area (Å²) in [7, 11) is 0. The van der Waals surface area contributed by atoms with Crippen molar-refractivity contribution in [2.45, 2.75) is 20.4 Å². The largest absolute Gasteiger partial charge is 0.308 e. The van der Waals surface area contributed by atoms with E-state index in [4.69, 9.17) is 11.6 Å². The maximum atomic E-state index is 5.66. The van der Waals surface area contributed by atoms with Gasteiger partial charge in [0.1, 0.15) is 0 Å². The van der Waals surface area contributed by atoms with Gasteiger partial charge in [-0.25, -0.2) is 0 Å². The predicted molar refractivity (Wildman–Crippen MR) is 62.6 cm³/mol. The number of nitrogens with one attached hydrogen (secondary N) is 1. The first-order valence-electron chi connectivity index (χ1n) is 4.70. The van der Waals surface area contributed by atoms with Crippen LogP contribution in [0.1, 0.15) is 16.7 Å². The summed E-state index contributed by atoms with van der Waals surface area (Å²) >= 11 is 5.66. The first kappa shape index (κ1) is 11.3. The molecule has 0 aromatic heterocycles. The van der Waals surface area contributed by atoms with Crippen LogP contribution in [0.4, 0.5) is 0 Å². The number of halogens is 1. The van der Waals surface area contributed by atoms with E-state index in [0.29, 0.717) is 11.6 Å². The Bertz CT molecular complexity index is 331. The van der Waals surface area contributed by atoms with Crippen LogP contribution in [-0.4, -0.2) is 6.54 Å².